The average molecular weight is 288 g/mol. The Bertz CT molecular complexity index is 370. The Morgan fingerprint density at radius 1 is 1.14 bits per heavy atom. The molecular formula is C19H32N2. The largest absolute Gasteiger partial charge is 0.310 e. The third-order valence-corrected chi connectivity index (χ3v) is 4.53. The smallest absolute Gasteiger partial charge is 0.0320 e. The summed E-state index contributed by atoms with van der Waals surface area (Å²) in [5, 5.41) is 3.82. The van der Waals surface area contributed by atoms with E-state index in [0.717, 1.165) is 12.5 Å². The van der Waals surface area contributed by atoms with Gasteiger partial charge in [-0.1, -0.05) is 57.0 Å². The second kappa shape index (κ2) is 9.22. The van der Waals surface area contributed by atoms with Crippen LogP contribution in [0.1, 0.15) is 57.6 Å². The molecule has 0 aromatic heterocycles. The molecule has 0 aliphatic carbocycles. The lowest BCUT2D eigenvalue weighted by atomic mass is 10.0. The number of hydrogen-bond donors (Lipinski definition) is 1. The molecule has 2 unspecified atom stereocenters. The van der Waals surface area contributed by atoms with Crippen LogP contribution >= 0.6 is 0 Å². The molecule has 1 aromatic carbocycles. The minimum Gasteiger partial charge on any atom is -0.310 e. The van der Waals surface area contributed by atoms with Crippen LogP contribution in [0.4, 0.5) is 0 Å². The first-order valence-electron chi connectivity index (χ1n) is 8.80. The highest BCUT2D eigenvalue weighted by Gasteiger charge is 2.16. The molecule has 0 amide bonds. The van der Waals surface area contributed by atoms with Crippen molar-refractivity contribution < 1.29 is 0 Å². The van der Waals surface area contributed by atoms with E-state index in [1.165, 1.54) is 57.3 Å². The van der Waals surface area contributed by atoms with Gasteiger partial charge in [0.2, 0.25) is 0 Å². The average Bonchev–Trinajstić information content (AvgIpc) is 3.01. The van der Waals surface area contributed by atoms with E-state index in [1.807, 2.05) is 0 Å². The van der Waals surface area contributed by atoms with Gasteiger partial charge < -0.3 is 10.2 Å². The van der Waals surface area contributed by atoms with Crippen LogP contribution in [0.25, 0.3) is 0 Å². The Balaban J connectivity index is 1.80. The number of rotatable bonds is 9. The van der Waals surface area contributed by atoms with Gasteiger partial charge in [0.1, 0.15) is 0 Å². The summed E-state index contributed by atoms with van der Waals surface area (Å²) in [5.41, 5.74) is 1.44. The summed E-state index contributed by atoms with van der Waals surface area (Å²) in [6.45, 7) is 9.65. The molecule has 1 fully saturated rings. The van der Waals surface area contributed by atoms with Crippen molar-refractivity contribution in [3.63, 3.8) is 0 Å². The zero-order valence-electron chi connectivity index (χ0n) is 13.9. The van der Waals surface area contributed by atoms with Crippen LogP contribution in [-0.2, 0) is 0 Å². The third kappa shape index (κ3) is 5.80. The van der Waals surface area contributed by atoms with E-state index in [2.05, 4.69) is 54.4 Å². The molecular weight excluding hydrogens is 256 g/mol. The molecule has 1 aromatic rings. The van der Waals surface area contributed by atoms with Crippen LogP contribution in [0, 0.1) is 5.92 Å². The van der Waals surface area contributed by atoms with Gasteiger partial charge in [0.25, 0.3) is 0 Å². The van der Waals surface area contributed by atoms with Gasteiger partial charge in [-0.25, -0.2) is 0 Å². The van der Waals surface area contributed by atoms with Crippen LogP contribution in [-0.4, -0.2) is 31.1 Å². The van der Waals surface area contributed by atoms with E-state index in [-0.39, 0.29) is 0 Å². The van der Waals surface area contributed by atoms with Crippen molar-refractivity contribution in [2.45, 2.75) is 52.0 Å². The topological polar surface area (TPSA) is 15.3 Å². The molecule has 118 valence electrons. The molecule has 2 heteroatoms. The van der Waals surface area contributed by atoms with E-state index < -0.39 is 0 Å². The van der Waals surface area contributed by atoms with Crippen molar-refractivity contribution in [1.82, 2.24) is 10.2 Å². The van der Waals surface area contributed by atoms with E-state index >= 15 is 0 Å². The fraction of sp³-hybridized carbons (Fsp3) is 0.684. The van der Waals surface area contributed by atoms with Crippen LogP contribution < -0.4 is 5.32 Å². The minimum atomic E-state index is 0.521. The quantitative estimate of drug-likeness (QED) is 0.731. The fourth-order valence-corrected chi connectivity index (χ4v) is 3.29. The molecule has 1 saturated heterocycles. The maximum absolute atomic E-state index is 3.82. The summed E-state index contributed by atoms with van der Waals surface area (Å²) in [6, 6.07) is 11.5. The molecule has 2 nitrogen and oxygen atoms in total. The highest BCUT2D eigenvalue weighted by Crippen LogP contribution is 2.19. The van der Waals surface area contributed by atoms with E-state index in [9.17, 15) is 0 Å². The summed E-state index contributed by atoms with van der Waals surface area (Å²) < 4.78 is 0. The number of benzene rings is 1. The van der Waals surface area contributed by atoms with Crippen molar-refractivity contribution in [3.05, 3.63) is 35.9 Å². The number of nitrogens with one attached hydrogen (secondary N) is 1. The van der Waals surface area contributed by atoms with Gasteiger partial charge in [0.05, 0.1) is 0 Å². The minimum absolute atomic E-state index is 0.521. The predicted molar refractivity (Wildman–Crippen MR) is 91.5 cm³/mol. The van der Waals surface area contributed by atoms with Gasteiger partial charge in [0.15, 0.2) is 0 Å². The molecule has 0 saturated carbocycles. The maximum atomic E-state index is 3.82. The number of unbranched alkanes of at least 4 members (excludes halogenated alkanes) is 1. The molecule has 2 rings (SSSR count). The Hall–Kier alpha value is -0.860. The first-order chi connectivity index (χ1) is 10.3. The number of likely N-dealkylation sites (tertiary alicyclic amines) is 1. The highest BCUT2D eigenvalue weighted by molar-refractivity contribution is 5.18. The monoisotopic (exact) mass is 288 g/mol. The van der Waals surface area contributed by atoms with Crippen LogP contribution in [0.2, 0.25) is 0 Å². The van der Waals surface area contributed by atoms with Crippen LogP contribution in [0.3, 0.4) is 0 Å². The molecule has 1 N–H and O–H groups in total. The molecule has 0 bridgehead atoms. The van der Waals surface area contributed by atoms with Crippen molar-refractivity contribution in [1.29, 1.82) is 0 Å². The normalized spacial score (nSPS) is 18.8. The lowest BCUT2D eigenvalue weighted by Crippen LogP contribution is -2.33. The zero-order chi connectivity index (χ0) is 14.9. The summed E-state index contributed by atoms with van der Waals surface area (Å²) in [7, 11) is 0. The SMILES string of the molecule is CCCCC(NCC(C)CN1CCCC1)c1ccccc1. The second-order valence-corrected chi connectivity index (χ2v) is 6.63. The van der Waals surface area contributed by atoms with Gasteiger partial charge in [-0.05, 0) is 50.4 Å². The van der Waals surface area contributed by atoms with Gasteiger partial charge in [-0.3, -0.25) is 0 Å². The van der Waals surface area contributed by atoms with Gasteiger partial charge in [-0.2, -0.15) is 0 Å². The summed E-state index contributed by atoms with van der Waals surface area (Å²) in [6.07, 6.45) is 6.60. The summed E-state index contributed by atoms with van der Waals surface area (Å²) >= 11 is 0. The Morgan fingerprint density at radius 3 is 2.52 bits per heavy atom. The second-order valence-electron chi connectivity index (χ2n) is 6.63. The van der Waals surface area contributed by atoms with Gasteiger partial charge in [0, 0.05) is 12.6 Å². The van der Waals surface area contributed by atoms with Crippen LogP contribution in [0.15, 0.2) is 30.3 Å². The lowest BCUT2D eigenvalue weighted by molar-refractivity contribution is 0.276. The summed E-state index contributed by atoms with van der Waals surface area (Å²) in [4.78, 5) is 2.62. The Kier molecular flexibility index (Phi) is 7.25. The van der Waals surface area contributed by atoms with Gasteiger partial charge >= 0.3 is 0 Å². The van der Waals surface area contributed by atoms with Crippen molar-refractivity contribution in [2.24, 2.45) is 5.92 Å². The Labute approximate surface area is 130 Å². The predicted octanol–water partition coefficient (Wildman–Crippen LogP) is 4.24. The molecule has 0 radical (unpaired) electrons. The molecule has 1 aliphatic heterocycles. The molecule has 21 heavy (non-hydrogen) atoms. The van der Waals surface area contributed by atoms with Crippen molar-refractivity contribution in [3.8, 4) is 0 Å². The Morgan fingerprint density at radius 2 is 1.86 bits per heavy atom. The number of hydrogen-bond acceptors (Lipinski definition) is 2. The van der Waals surface area contributed by atoms with Crippen molar-refractivity contribution in [2.75, 3.05) is 26.2 Å². The molecule has 1 heterocycles. The first kappa shape index (κ1) is 16.5. The van der Waals surface area contributed by atoms with E-state index in [4.69, 9.17) is 0 Å². The summed E-state index contributed by atoms with van der Waals surface area (Å²) in [5.74, 6) is 0.732. The fourth-order valence-electron chi connectivity index (χ4n) is 3.29. The standard InChI is InChI=1S/C19H32N2/c1-3-4-12-19(18-10-6-5-7-11-18)20-15-17(2)16-21-13-8-9-14-21/h5-7,10-11,17,19-20H,3-4,8-9,12-16H2,1-2H3. The van der Waals surface area contributed by atoms with E-state index in [0.29, 0.717) is 6.04 Å². The number of nitrogens with zero attached hydrogens (tertiary/aromatic N) is 1. The molecule has 0 spiro atoms. The third-order valence-electron chi connectivity index (χ3n) is 4.53. The maximum Gasteiger partial charge on any atom is 0.0320 e. The van der Waals surface area contributed by atoms with Crippen LogP contribution in [0.5, 0.6) is 0 Å². The van der Waals surface area contributed by atoms with Gasteiger partial charge in [-0.15, -0.1) is 0 Å². The zero-order valence-corrected chi connectivity index (χ0v) is 13.9. The molecule has 1 aliphatic rings. The van der Waals surface area contributed by atoms with E-state index in [1.54, 1.807) is 0 Å². The first-order valence-corrected chi connectivity index (χ1v) is 8.80. The molecule has 2 atom stereocenters. The van der Waals surface area contributed by atoms with Crippen molar-refractivity contribution >= 4 is 0 Å². The lowest BCUT2D eigenvalue weighted by Gasteiger charge is -2.24. The highest BCUT2D eigenvalue weighted by atomic mass is 15.1.